The Labute approximate surface area is 227 Å². The number of aromatic nitrogens is 2. The van der Waals surface area contributed by atoms with Gasteiger partial charge in [0.25, 0.3) is 11.5 Å². The van der Waals surface area contributed by atoms with E-state index in [4.69, 9.17) is 0 Å². The molecule has 40 heavy (non-hydrogen) atoms. The minimum Gasteiger partial charge on any atom is -0.494 e. The minimum atomic E-state index is -1.58. The number of amides is 1. The van der Waals surface area contributed by atoms with Gasteiger partial charge in [-0.3, -0.25) is 9.59 Å². The molecule has 3 heterocycles. The van der Waals surface area contributed by atoms with Gasteiger partial charge in [0.2, 0.25) is 0 Å². The number of fused-ring (bicyclic) bond motifs is 1. The summed E-state index contributed by atoms with van der Waals surface area (Å²) in [7, 11) is 2.06. The van der Waals surface area contributed by atoms with E-state index in [0.29, 0.717) is 0 Å². The third-order valence-corrected chi connectivity index (χ3v) is 6.89. The van der Waals surface area contributed by atoms with Crippen molar-refractivity contribution in [2.45, 2.75) is 13.0 Å². The molecule has 1 amide bonds. The lowest BCUT2D eigenvalue weighted by Crippen LogP contribution is -2.33. The second-order valence-electron chi connectivity index (χ2n) is 9.74. The van der Waals surface area contributed by atoms with Gasteiger partial charge in [-0.05, 0) is 60.5 Å². The van der Waals surface area contributed by atoms with Crippen LogP contribution in [-0.2, 0) is 6.54 Å². The van der Waals surface area contributed by atoms with Crippen LogP contribution in [0.4, 0.5) is 13.2 Å². The summed E-state index contributed by atoms with van der Waals surface area (Å²) in [5.41, 5.74) is 2.84. The van der Waals surface area contributed by atoms with Crippen molar-refractivity contribution in [2.75, 3.05) is 26.7 Å². The van der Waals surface area contributed by atoms with Gasteiger partial charge < -0.3 is 24.9 Å². The van der Waals surface area contributed by atoms with Crippen LogP contribution in [0.25, 0.3) is 22.6 Å². The largest absolute Gasteiger partial charge is 0.494 e. The average Bonchev–Trinajstić information content (AvgIpc) is 3.26. The van der Waals surface area contributed by atoms with Gasteiger partial charge in [0.05, 0.1) is 6.54 Å². The molecule has 2 aromatic heterocycles. The molecule has 1 aliphatic heterocycles. The first-order valence-electron chi connectivity index (χ1n) is 12.7. The molecule has 0 radical (unpaired) electrons. The van der Waals surface area contributed by atoms with Crippen molar-refractivity contribution in [2.24, 2.45) is 0 Å². The number of carbonyl (C=O) groups is 1. The quantitative estimate of drug-likeness (QED) is 0.293. The Morgan fingerprint density at radius 1 is 1.15 bits per heavy atom. The summed E-state index contributed by atoms with van der Waals surface area (Å²) in [6.07, 6.45) is 7.91. The number of aromatic hydroxyl groups is 1. The Morgan fingerprint density at radius 2 is 1.93 bits per heavy atom. The molecule has 0 spiro atoms. The molecule has 10 heteroatoms. The first-order valence-corrected chi connectivity index (χ1v) is 12.7. The number of pyridine rings is 1. The van der Waals surface area contributed by atoms with Crippen LogP contribution >= 0.6 is 0 Å². The van der Waals surface area contributed by atoms with Gasteiger partial charge in [-0.1, -0.05) is 30.4 Å². The van der Waals surface area contributed by atoms with Gasteiger partial charge in [0, 0.05) is 42.3 Å². The molecular weight excluding hydrogens is 521 g/mol. The predicted molar refractivity (Wildman–Crippen MR) is 148 cm³/mol. The van der Waals surface area contributed by atoms with Crippen molar-refractivity contribution in [1.82, 2.24) is 19.8 Å². The number of halogens is 3. The number of hydrogen-bond acceptors (Lipinski definition) is 4. The zero-order valence-electron chi connectivity index (χ0n) is 21.7. The fraction of sp³-hybridized carbons (Fsp3) is 0.200. The van der Waals surface area contributed by atoms with Crippen LogP contribution in [0, 0.1) is 17.5 Å². The van der Waals surface area contributed by atoms with E-state index in [1.165, 1.54) is 18.3 Å². The topological polar surface area (TPSA) is 90.4 Å². The predicted octanol–water partition coefficient (Wildman–Crippen LogP) is 4.66. The Balaban J connectivity index is 1.24. The maximum atomic E-state index is 13.5. The molecule has 3 N–H and O–H groups in total. The first kappa shape index (κ1) is 27.0. The number of nitrogens with one attached hydrogen (secondary N) is 2. The number of nitrogens with zero attached hydrogens (tertiary/aromatic N) is 2. The van der Waals surface area contributed by atoms with Crippen LogP contribution in [0.2, 0.25) is 0 Å². The minimum absolute atomic E-state index is 0.0431. The lowest BCUT2D eigenvalue weighted by molar-refractivity contribution is 0.0956. The number of rotatable bonds is 7. The molecule has 5 rings (SSSR count). The van der Waals surface area contributed by atoms with E-state index in [0.717, 1.165) is 63.8 Å². The molecular formula is C30H27F3N4O3. The summed E-state index contributed by atoms with van der Waals surface area (Å²) in [6, 6.07) is 10.2. The van der Waals surface area contributed by atoms with Gasteiger partial charge in [0.1, 0.15) is 5.56 Å². The lowest BCUT2D eigenvalue weighted by Gasteiger charge is -2.21. The van der Waals surface area contributed by atoms with Gasteiger partial charge in [0.15, 0.2) is 23.3 Å². The molecule has 0 saturated carbocycles. The fourth-order valence-corrected chi connectivity index (χ4v) is 4.80. The number of likely N-dealkylation sites (N-methyl/N-ethyl adjacent to an activating group) is 1. The van der Waals surface area contributed by atoms with Crippen LogP contribution in [0.5, 0.6) is 5.88 Å². The van der Waals surface area contributed by atoms with E-state index in [1.807, 2.05) is 24.3 Å². The molecule has 7 nitrogen and oxygen atoms in total. The number of hydrogen-bond donors (Lipinski definition) is 3. The van der Waals surface area contributed by atoms with E-state index < -0.39 is 28.9 Å². The Bertz CT molecular complexity index is 1700. The van der Waals surface area contributed by atoms with Crippen LogP contribution < -0.4 is 10.9 Å². The van der Waals surface area contributed by atoms with Gasteiger partial charge >= 0.3 is 0 Å². The summed E-state index contributed by atoms with van der Waals surface area (Å²) in [5.74, 6) is -4.76. The molecule has 2 aromatic carbocycles. The molecule has 0 atom stereocenters. The highest BCUT2D eigenvalue weighted by atomic mass is 19.2. The summed E-state index contributed by atoms with van der Waals surface area (Å²) < 4.78 is 41.4. The zero-order valence-corrected chi connectivity index (χ0v) is 21.7. The molecule has 0 aliphatic carbocycles. The highest BCUT2D eigenvalue weighted by Gasteiger charge is 2.18. The Kier molecular flexibility index (Phi) is 7.61. The Morgan fingerprint density at radius 3 is 2.65 bits per heavy atom. The second kappa shape index (κ2) is 11.3. The number of benzene rings is 2. The smallest absolute Gasteiger partial charge is 0.263 e. The van der Waals surface area contributed by atoms with Crippen molar-refractivity contribution in [1.29, 1.82) is 0 Å². The maximum absolute atomic E-state index is 13.5. The van der Waals surface area contributed by atoms with E-state index in [9.17, 15) is 27.9 Å². The van der Waals surface area contributed by atoms with Crippen molar-refractivity contribution in [3.63, 3.8) is 0 Å². The molecule has 4 aromatic rings. The Hall–Kier alpha value is -4.57. The average molecular weight is 549 g/mol. The normalized spacial score (nSPS) is 14.2. The summed E-state index contributed by atoms with van der Waals surface area (Å²) in [4.78, 5) is 30.7. The molecule has 0 bridgehead atoms. The number of carbonyl (C=O) groups excluding carboxylic acids is 1. The number of aromatic amines is 1. The van der Waals surface area contributed by atoms with Crippen molar-refractivity contribution < 1.29 is 23.1 Å². The maximum Gasteiger partial charge on any atom is 0.263 e. The van der Waals surface area contributed by atoms with E-state index in [-0.39, 0.29) is 30.1 Å². The van der Waals surface area contributed by atoms with E-state index >= 15 is 0 Å². The standard InChI is InChI=1S/C30H27F3N4O3/c1-36-12-8-20(9-13-36)26-21-7-6-18(16-25(21)35-29(26)39)4-2-10-34-28(38)22-5-3-11-37(30(22)40)17-19-14-23(31)27(33)24(32)15-19/h2-8,11,14-16,35,39H,9-10,12-13,17H2,1H3,(H,34,38). The molecule has 0 unspecified atom stereocenters. The number of H-pyrrole nitrogens is 1. The molecule has 1 aliphatic rings. The molecule has 0 fully saturated rings. The van der Waals surface area contributed by atoms with Crippen LogP contribution in [0.15, 0.2) is 65.6 Å². The summed E-state index contributed by atoms with van der Waals surface area (Å²) in [5, 5.41) is 14.1. The lowest BCUT2D eigenvalue weighted by atomic mass is 9.98. The van der Waals surface area contributed by atoms with Crippen LogP contribution in [0.3, 0.4) is 0 Å². The SMILES string of the molecule is CN1CC=C(c2c(O)[nH]c3cc(C=CCNC(=O)c4cccn(Cc5cc(F)c(F)c(F)c5)c4=O)ccc23)CC1. The summed E-state index contributed by atoms with van der Waals surface area (Å²) >= 11 is 0. The zero-order chi connectivity index (χ0) is 28.4. The second-order valence-corrected chi connectivity index (χ2v) is 9.74. The first-order chi connectivity index (χ1) is 19.2. The monoisotopic (exact) mass is 548 g/mol. The highest BCUT2D eigenvalue weighted by molar-refractivity contribution is 5.97. The van der Waals surface area contributed by atoms with Crippen molar-refractivity contribution in [3.8, 4) is 5.88 Å². The van der Waals surface area contributed by atoms with E-state index in [2.05, 4.69) is 28.3 Å². The van der Waals surface area contributed by atoms with Crippen LogP contribution in [0.1, 0.15) is 33.5 Å². The van der Waals surface area contributed by atoms with Crippen LogP contribution in [-0.4, -0.2) is 52.1 Å². The fourth-order valence-electron chi connectivity index (χ4n) is 4.80. The third kappa shape index (κ3) is 5.57. The van der Waals surface area contributed by atoms with Gasteiger partial charge in [-0.25, -0.2) is 13.2 Å². The molecule has 206 valence electrons. The molecule has 0 saturated heterocycles. The third-order valence-electron chi connectivity index (χ3n) is 6.89. The summed E-state index contributed by atoms with van der Waals surface area (Å²) in [6.45, 7) is 1.66. The van der Waals surface area contributed by atoms with Crippen molar-refractivity contribution in [3.05, 3.63) is 111 Å². The van der Waals surface area contributed by atoms with Gasteiger partial charge in [-0.15, -0.1) is 0 Å². The van der Waals surface area contributed by atoms with Crippen molar-refractivity contribution >= 4 is 28.5 Å². The highest BCUT2D eigenvalue weighted by Crippen LogP contribution is 2.36. The van der Waals surface area contributed by atoms with Gasteiger partial charge in [-0.2, -0.15) is 0 Å². The van der Waals surface area contributed by atoms with E-state index in [1.54, 1.807) is 6.08 Å².